The summed E-state index contributed by atoms with van der Waals surface area (Å²) >= 11 is 0. The largest absolute Gasteiger partial charge is 0.490 e. The average molecular weight is 312 g/mol. The fraction of sp³-hybridized carbons (Fsp3) is 0.500. The van der Waals surface area contributed by atoms with Crippen LogP contribution in [0, 0.1) is 0 Å². The van der Waals surface area contributed by atoms with E-state index in [0.29, 0.717) is 24.7 Å². The highest BCUT2D eigenvalue weighted by molar-refractivity contribution is 6.11. The molecule has 0 aliphatic carbocycles. The number of hydrogen-bond donors (Lipinski definition) is 0. The molecule has 0 saturated heterocycles. The normalized spacial score (nSPS) is 11.9. The molecule has 22 heavy (non-hydrogen) atoms. The van der Waals surface area contributed by atoms with Gasteiger partial charge in [-0.2, -0.15) is 0 Å². The van der Waals surface area contributed by atoms with Crippen LogP contribution in [0.4, 0.5) is 4.39 Å². The van der Waals surface area contributed by atoms with Gasteiger partial charge in [-0.1, -0.05) is 0 Å². The van der Waals surface area contributed by atoms with Crippen LogP contribution in [0.2, 0.25) is 0 Å². The Morgan fingerprint density at radius 2 is 1.68 bits per heavy atom. The second kappa shape index (κ2) is 8.36. The topological polar surface area (TPSA) is 61.8 Å². The number of ketones is 1. The minimum atomic E-state index is -2.35. The van der Waals surface area contributed by atoms with Gasteiger partial charge in [0.1, 0.15) is 0 Å². The van der Waals surface area contributed by atoms with Gasteiger partial charge < -0.3 is 14.2 Å². The van der Waals surface area contributed by atoms with Crippen LogP contribution in [0.5, 0.6) is 11.5 Å². The molecule has 0 aliphatic rings. The van der Waals surface area contributed by atoms with E-state index in [2.05, 4.69) is 0 Å². The number of Topliss-reactive ketones (excluding diaryl/α,β-unsaturated/α-hetero) is 1. The van der Waals surface area contributed by atoms with E-state index in [1.807, 2.05) is 6.92 Å². The number of esters is 1. The quantitative estimate of drug-likeness (QED) is 0.419. The zero-order valence-electron chi connectivity index (χ0n) is 13.2. The molecule has 5 nitrogen and oxygen atoms in total. The van der Waals surface area contributed by atoms with Gasteiger partial charge in [-0.15, -0.1) is 0 Å². The molecule has 0 bridgehead atoms. The zero-order valence-corrected chi connectivity index (χ0v) is 13.2. The second-order valence-corrected chi connectivity index (χ2v) is 4.74. The number of alkyl halides is 1. The lowest BCUT2D eigenvalue weighted by Gasteiger charge is -2.13. The second-order valence-electron chi connectivity index (χ2n) is 4.74. The lowest BCUT2D eigenvalue weighted by Crippen LogP contribution is -2.29. The maximum Gasteiger partial charge on any atom is 0.349 e. The van der Waals surface area contributed by atoms with Crippen molar-refractivity contribution < 1.29 is 28.2 Å². The summed E-state index contributed by atoms with van der Waals surface area (Å²) in [6, 6.07) is 4.28. The molecule has 0 spiro atoms. The molecule has 1 rings (SSSR count). The SMILES string of the molecule is CCOc1ccc(C(=O)C(F)C(=O)OC(C)C)cc1OCC. The number of carbonyl (C=O) groups is 2. The van der Waals surface area contributed by atoms with E-state index in [4.69, 9.17) is 14.2 Å². The van der Waals surface area contributed by atoms with Crippen molar-refractivity contribution in [1.82, 2.24) is 0 Å². The third-order valence-electron chi connectivity index (χ3n) is 2.62. The summed E-state index contributed by atoms with van der Waals surface area (Å²) in [6.07, 6.45) is -2.84. The number of hydrogen-bond acceptors (Lipinski definition) is 5. The van der Waals surface area contributed by atoms with Crippen LogP contribution in [0.15, 0.2) is 18.2 Å². The molecule has 0 aliphatic heterocycles. The minimum absolute atomic E-state index is 0.0279. The van der Waals surface area contributed by atoms with Crippen LogP contribution in [0.3, 0.4) is 0 Å². The number of rotatable bonds is 8. The summed E-state index contributed by atoms with van der Waals surface area (Å²) in [5.74, 6) is -1.36. The van der Waals surface area contributed by atoms with E-state index in [0.717, 1.165) is 0 Å². The molecule has 1 aromatic carbocycles. The van der Waals surface area contributed by atoms with Gasteiger partial charge in [0.25, 0.3) is 6.17 Å². The maximum atomic E-state index is 13.9. The molecule has 0 fully saturated rings. The maximum absolute atomic E-state index is 13.9. The number of benzene rings is 1. The predicted molar refractivity (Wildman–Crippen MR) is 79.2 cm³/mol. The number of carbonyl (C=O) groups excluding carboxylic acids is 2. The molecule has 122 valence electrons. The van der Waals surface area contributed by atoms with Gasteiger partial charge in [0.05, 0.1) is 19.3 Å². The van der Waals surface area contributed by atoms with E-state index in [1.165, 1.54) is 18.2 Å². The first-order valence-electron chi connectivity index (χ1n) is 7.19. The van der Waals surface area contributed by atoms with Crippen LogP contribution < -0.4 is 9.47 Å². The molecule has 0 heterocycles. The minimum Gasteiger partial charge on any atom is -0.490 e. The Bertz CT molecular complexity index is 527. The van der Waals surface area contributed by atoms with E-state index < -0.39 is 24.0 Å². The highest BCUT2D eigenvalue weighted by atomic mass is 19.1. The van der Waals surface area contributed by atoms with Crippen molar-refractivity contribution in [3.63, 3.8) is 0 Å². The first-order valence-corrected chi connectivity index (χ1v) is 7.19. The van der Waals surface area contributed by atoms with Crippen molar-refractivity contribution in [2.45, 2.75) is 40.0 Å². The zero-order chi connectivity index (χ0) is 16.7. The van der Waals surface area contributed by atoms with Crippen molar-refractivity contribution in [3.8, 4) is 11.5 Å². The average Bonchev–Trinajstić information content (AvgIpc) is 2.47. The molecule has 6 heteroatoms. The lowest BCUT2D eigenvalue weighted by molar-refractivity contribution is -0.151. The summed E-state index contributed by atoms with van der Waals surface area (Å²) in [7, 11) is 0. The van der Waals surface area contributed by atoms with E-state index >= 15 is 0 Å². The Morgan fingerprint density at radius 3 is 2.23 bits per heavy atom. The van der Waals surface area contributed by atoms with Gasteiger partial charge >= 0.3 is 5.97 Å². The molecular weight excluding hydrogens is 291 g/mol. The molecule has 0 aromatic heterocycles. The van der Waals surface area contributed by atoms with Crippen LogP contribution in [0.25, 0.3) is 0 Å². The van der Waals surface area contributed by atoms with Gasteiger partial charge in [0.2, 0.25) is 5.78 Å². The van der Waals surface area contributed by atoms with E-state index in [1.54, 1.807) is 20.8 Å². The van der Waals surface area contributed by atoms with Gasteiger partial charge in [-0.25, -0.2) is 9.18 Å². The summed E-state index contributed by atoms with van der Waals surface area (Å²) in [6.45, 7) is 7.56. The Kier molecular flexibility index (Phi) is 6.82. The Balaban J connectivity index is 2.97. The van der Waals surface area contributed by atoms with Crippen molar-refractivity contribution in [3.05, 3.63) is 23.8 Å². The summed E-state index contributed by atoms with van der Waals surface area (Å²) < 4.78 is 29.3. The number of halogens is 1. The van der Waals surface area contributed by atoms with Crippen molar-refractivity contribution in [1.29, 1.82) is 0 Å². The molecule has 0 saturated carbocycles. The summed E-state index contributed by atoms with van der Waals surface area (Å²) in [5.41, 5.74) is 0.0279. The van der Waals surface area contributed by atoms with Crippen LogP contribution in [0.1, 0.15) is 38.1 Å². The highest BCUT2D eigenvalue weighted by Crippen LogP contribution is 2.29. The lowest BCUT2D eigenvalue weighted by atomic mass is 10.1. The molecule has 0 amide bonds. The van der Waals surface area contributed by atoms with Crippen LogP contribution in [-0.4, -0.2) is 37.2 Å². The fourth-order valence-electron chi connectivity index (χ4n) is 1.75. The summed E-state index contributed by atoms with van der Waals surface area (Å²) in [4.78, 5) is 23.5. The Labute approximate surface area is 129 Å². The third-order valence-corrected chi connectivity index (χ3v) is 2.62. The van der Waals surface area contributed by atoms with Crippen molar-refractivity contribution in [2.24, 2.45) is 0 Å². The molecule has 0 N–H and O–H groups in total. The Hall–Kier alpha value is -2.11. The monoisotopic (exact) mass is 312 g/mol. The Morgan fingerprint density at radius 1 is 1.09 bits per heavy atom. The number of ether oxygens (including phenoxy) is 3. The summed E-state index contributed by atoms with van der Waals surface area (Å²) in [5, 5.41) is 0. The van der Waals surface area contributed by atoms with Crippen LogP contribution >= 0.6 is 0 Å². The van der Waals surface area contributed by atoms with Crippen LogP contribution in [-0.2, 0) is 9.53 Å². The smallest absolute Gasteiger partial charge is 0.349 e. The first kappa shape index (κ1) is 17.9. The van der Waals surface area contributed by atoms with E-state index in [-0.39, 0.29) is 5.56 Å². The standard InChI is InChI=1S/C16H21FO5/c1-5-20-12-8-7-11(9-13(12)21-6-2)15(18)14(17)16(19)22-10(3)4/h7-10,14H,5-6H2,1-4H3. The first-order chi connectivity index (χ1) is 10.4. The molecule has 1 aromatic rings. The third kappa shape index (κ3) is 4.72. The molecule has 1 atom stereocenters. The van der Waals surface area contributed by atoms with Gasteiger partial charge in [-0.05, 0) is 45.9 Å². The fourth-order valence-corrected chi connectivity index (χ4v) is 1.75. The molecule has 1 unspecified atom stereocenters. The molecular formula is C16H21FO5. The van der Waals surface area contributed by atoms with Gasteiger partial charge in [0.15, 0.2) is 11.5 Å². The van der Waals surface area contributed by atoms with Gasteiger partial charge in [-0.3, -0.25) is 4.79 Å². The van der Waals surface area contributed by atoms with E-state index in [9.17, 15) is 14.0 Å². The van der Waals surface area contributed by atoms with Gasteiger partial charge in [0, 0.05) is 5.56 Å². The van der Waals surface area contributed by atoms with Crippen molar-refractivity contribution in [2.75, 3.05) is 13.2 Å². The van der Waals surface area contributed by atoms with Crippen molar-refractivity contribution >= 4 is 11.8 Å². The predicted octanol–water partition coefficient (Wildman–Crippen LogP) is 2.96. The highest BCUT2D eigenvalue weighted by Gasteiger charge is 2.30. The molecule has 0 radical (unpaired) electrons.